The van der Waals surface area contributed by atoms with Crippen LogP contribution in [-0.4, -0.2) is 23.3 Å². The molecule has 1 heterocycles. The molecule has 0 unspecified atom stereocenters. The van der Waals surface area contributed by atoms with Gasteiger partial charge in [-0.3, -0.25) is 14.9 Å². The van der Waals surface area contributed by atoms with E-state index in [2.05, 4.69) is 24.1 Å². The van der Waals surface area contributed by atoms with Crippen LogP contribution in [0.25, 0.3) is 0 Å². The molecule has 0 spiro atoms. The molecule has 0 saturated carbocycles. The van der Waals surface area contributed by atoms with E-state index < -0.39 is 0 Å². The Morgan fingerprint density at radius 3 is 2.67 bits per heavy atom. The van der Waals surface area contributed by atoms with E-state index in [9.17, 15) is 9.59 Å². The van der Waals surface area contributed by atoms with E-state index in [-0.39, 0.29) is 17.1 Å². The second-order valence-electron chi connectivity index (χ2n) is 6.65. The van der Waals surface area contributed by atoms with Gasteiger partial charge >= 0.3 is 0 Å². The van der Waals surface area contributed by atoms with Crippen LogP contribution in [0.1, 0.15) is 52.9 Å². The van der Waals surface area contributed by atoms with E-state index in [1.807, 2.05) is 6.92 Å². The smallest absolute Gasteiger partial charge is 0.257 e. The van der Waals surface area contributed by atoms with Gasteiger partial charge in [0.2, 0.25) is 0 Å². The van der Waals surface area contributed by atoms with Crippen LogP contribution >= 0.6 is 11.3 Å². The normalized spacial score (nSPS) is 15.7. The summed E-state index contributed by atoms with van der Waals surface area (Å²) in [5, 5.41) is 3.27. The Hall–Kier alpha value is -2.21. The first kappa shape index (κ1) is 16.6. The number of ketones is 1. The van der Waals surface area contributed by atoms with Crippen molar-refractivity contribution in [3.63, 3.8) is 0 Å². The lowest BCUT2D eigenvalue weighted by Gasteiger charge is -2.26. The Morgan fingerprint density at radius 2 is 2.00 bits per heavy atom. The molecule has 0 radical (unpaired) electrons. The molecule has 24 heavy (non-hydrogen) atoms. The van der Waals surface area contributed by atoms with Gasteiger partial charge in [0.15, 0.2) is 10.9 Å². The lowest BCUT2D eigenvalue weighted by atomic mass is 9.78. The summed E-state index contributed by atoms with van der Waals surface area (Å²) < 4.78 is 5.37. The summed E-state index contributed by atoms with van der Waals surface area (Å²) in [5.74, 6) is 0.600. The minimum atomic E-state index is -0.240. The van der Waals surface area contributed by atoms with Crippen molar-refractivity contribution in [2.24, 2.45) is 5.41 Å². The molecule has 2 aromatic rings. The molecule has 0 saturated heterocycles. The molecule has 1 aromatic heterocycles. The van der Waals surface area contributed by atoms with Gasteiger partial charge in [-0.1, -0.05) is 25.2 Å². The van der Waals surface area contributed by atoms with Crippen molar-refractivity contribution >= 4 is 28.2 Å². The second kappa shape index (κ2) is 6.36. The molecule has 1 aliphatic rings. The highest BCUT2D eigenvalue weighted by Crippen LogP contribution is 2.38. The number of nitrogens with one attached hydrogen (secondary N) is 1. The zero-order chi connectivity index (χ0) is 17.3. The number of aromatic nitrogens is 1. The van der Waals surface area contributed by atoms with Crippen LogP contribution in [0.3, 0.4) is 0 Å². The fourth-order valence-electron chi connectivity index (χ4n) is 2.81. The maximum Gasteiger partial charge on any atom is 0.257 e. The molecule has 5 nitrogen and oxygen atoms in total. The van der Waals surface area contributed by atoms with Gasteiger partial charge in [0, 0.05) is 12.0 Å². The number of hydrogen-bond acceptors (Lipinski definition) is 5. The average molecular weight is 344 g/mol. The number of amides is 1. The maximum absolute atomic E-state index is 12.3. The number of carbonyl (C=O) groups is 2. The second-order valence-corrected chi connectivity index (χ2v) is 7.65. The van der Waals surface area contributed by atoms with Gasteiger partial charge in [0.1, 0.15) is 5.75 Å². The first-order valence-corrected chi connectivity index (χ1v) is 8.77. The Balaban J connectivity index is 1.75. The highest BCUT2D eigenvalue weighted by molar-refractivity contribution is 7.17. The van der Waals surface area contributed by atoms with E-state index in [1.165, 1.54) is 11.3 Å². The standard InChI is InChI=1S/C18H20N2O3S/c1-4-23-12-7-5-11(6-8-12)16(22)20-17-19-13-9-18(2,3)10-14(21)15(13)24-17/h5-8H,4,9-10H2,1-3H3,(H,19,20,22). The fourth-order valence-corrected chi connectivity index (χ4v) is 3.73. The first-order valence-electron chi connectivity index (χ1n) is 7.95. The summed E-state index contributed by atoms with van der Waals surface area (Å²) in [6.07, 6.45) is 1.28. The van der Waals surface area contributed by atoms with Crippen molar-refractivity contribution in [2.45, 2.75) is 33.6 Å². The third-order valence-corrected chi connectivity index (χ3v) is 4.94. The lowest BCUT2D eigenvalue weighted by molar-refractivity contribution is 0.0915. The third kappa shape index (κ3) is 3.48. The Morgan fingerprint density at radius 1 is 1.29 bits per heavy atom. The van der Waals surface area contributed by atoms with Gasteiger partial charge in [-0.2, -0.15) is 0 Å². The predicted molar refractivity (Wildman–Crippen MR) is 94.1 cm³/mol. The van der Waals surface area contributed by atoms with Crippen LogP contribution in [0.4, 0.5) is 5.13 Å². The molecule has 0 fully saturated rings. The maximum atomic E-state index is 12.3. The fraction of sp³-hybridized carbons (Fsp3) is 0.389. The number of ether oxygens (including phenoxy) is 1. The van der Waals surface area contributed by atoms with Crippen molar-refractivity contribution in [3.05, 3.63) is 40.4 Å². The number of benzene rings is 1. The molecule has 6 heteroatoms. The monoisotopic (exact) mass is 344 g/mol. The number of rotatable bonds is 4. The number of anilines is 1. The number of fused-ring (bicyclic) bond motifs is 1. The van der Waals surface area contributed by atoms with Crippen molar-refractivity contribution in [3.8, 4) is 5.75 Å². The molecule has 0 bridgehead atoms. The van der Waals surface area contributed by atoms with Gasteiger partial charge in [-0.05, 0) is 43.0 Å². The summed E-state index contributed by atoms with van der Waals surface area (Å²) in [6.45, 7) is 6.62. The van der Waals surface area contributed by atoms with Crippen molar-refractivity contribution in [1.29, 1.82) is 0 Å². The number of thiazole rings is 1. The van der Waals surface area contributed by atoms with E-state index in [1.54, 1.807) is 24.3 Å². The minimum Gasteiger partial charge on any atom is -0.494 e. The Bertz CT molecular complexity index is 778. The van der Waals surface area contributed by atoms with Gasteiger partial charge < -0.3 is 4.74 Å². The quantitative estimate of drug-likeness (QED) is 0.912. The number of hydrogen-bond donors (Lipinski definition) is 1. The number of nitrogens with zero attached hydrogens (tertiary/aromatic N) is 1. The SMILES string of the molecule is CCOc1ccc(C(=O)Nc2nc3c(s2)C(=O)CC(C)(C)C3)cc1. The summed E-state index contributed by atoms with van der Waals surface area (Å²) in [7, 11) is 0. The van der Waals surface area contributed by atoms with E-state index in [4.69, 9.17) is 4.74 Å². The van der Waals surface area contributed by atoms with Crippen LogP contribution in [0.2, 0.25) is 0 Å². The van der Waals surface area contributed by atoms with E-state index in [0.29, 0.717) is 28.6 Å². The summed E-state index contributed by atoms with van der Waals surface area (Å²) >= 11 is 1.26. The first-order chi connectivity index (χ1) is 11.4. The largest absolute Gasteiger partial charge is 0.494 e. The minimum absolute atomic E-state index is 0.0749. The van der Waals surface area contributed by atoms with Crippen molar-refractivity contribution < 1.29 is 14.3 Å². The molecule has 3 rings (SSSR count). The zero-order valence-corrected chi connectivity index (χ0v) is 14.8. The van der Waals surface area contributed by atoms with Crippen LogP contribution in [-0.2, 0) is 6.42 Å². The molecular weight excluding hydrogens is 324 g/mol. The van der Waals surface area contributed by atoms with Crippen LogP contribution in [0.15, 0.2) is 24.3 Å². The average Bonchev–Trinajstić information content (AvgIpc) is 2.89. The number of carbonyl (C=O) groups excluding carboxylic acids is 2. The Labute approximate surface area is 145 Å². The summed E-state index contributed by atoms with van der Waals surface area (Å²) in [5.41, 5.74) is 1.25. The summed E-state index contributed by atoms with van der Waals surface area (Å²) in [4.78, 5) is 29.7. The van der Waals surface area contributed by atoms with Crippen molar-refractivity contribution in [1.82, 2.24) is 4.98 Å². The van der Waals surface area contributed by atoms with E-state index >= 15 is 0 Å². The molecule has 1 aliphatic carbocycles. The van der Waals surface area contributed by atoms with Crippen LogP contribution in [0.5, 0.6) is 5.75 Å². The van der Waals surface area contributed by atoms with Crippen molar-refractivity contribution in [2.75, 3.05) is 11.9 Å². The molecule has 1 aromatic carbocycles. The molecule has 1 amide bonds. The number of Topliss-reactive ketones (excluding diaryl/α,β-unsaturated/α-hetero) is 1. The highest BCUT2D eigenvalue weighted by Gasteiger charge is 2.34. The zero-order valence-electron chi connectivity index (χ0n) is 14.0. The summed E-state index contributed by atoms with van der Waals surface area (Å²) in [6, 6.07) is 6.94. The molecular formula is C18H20N2O3S. The van der Waals surface area contributed by atoms with E-state index in [0.717, 1.165) is 17.9 Å². The van der Waals surface area contributed by atoms with Gasteiger partial charge in [-0.25, -0.2) is 4.98 Å². The predicted octanol–water partition coefficient (Wildman–Crippen LogP) is 3.95. The van der Waals surface area contributed by atoms with Crippen LogP contribution in [0, 0.1) is 5.41 Å². The topological polar surface area (TPSA) is 68.3 Å². The van der Waals surface area contributed by atoms with Crippen LogP contribution < -0.4 is 10.1 Å². The van der Waals surface area contributed by atoms with Gasteiger partial charge in [0.25, 0.3) is 5.91 Å². The molecule has 0 atom stereocenters. The third-order valence-electron chi connectivity index (χ3n) is 3.88. The molecule has 1 N–H and O–H groups in total. The highest BCUT2D eigenvalue weighted by atomic mass is 32.1. The molecule has 126 valence electrons. The molecule has 0 aliphatic heterocycles. The van der Waals surface area contributed by atoms with Gasteiger partial charge in [-0.15, -0.1) is 0 Å². The lowest BCUT2D eigenvalue weighted by Crippen LogP contribution is -2.26. The van der Waals surface area contributed by atoms with Gasteiger partial charge in [0.05, 0.1) is 17.2 Å². The Kier molecular flexibility index (Phi) is 4.41.